The summed E-state index contributed by atoms with van der Waals surface area (Å²) in [5.74, 6) is -0.897. The molecule has 0 fully saturated rings. The number of hydrogen-bond acceptors (Lipinski definition) is 2. The van der Waals surface area contributed by atoms with E-state index >= 15 is 0 Å². The van der Waals surface area contributed by atoms with Crippen LogP contribution in [0.1, 0.15) is 39.7 Å². The number of nitrogens with zero attached hydrogens (tertiary/aromatic N) is 1. The van der Waals surface area contributed by atoms with Gasteiger partial charge in [0.25, 0.3) is 0 Å². The Morgan fingerprint density at radius 3 is 2.20 bits per heavy atom. The van der Waals surface area contributed by atoms with Gasteiger partial charge in [0.15, 0.2) is 0 Å². The summed E-state index contributed by atoms with van der Waals surface area (Å²) in [4.78, 5) is 12.3. The Bertz CT molecular complexity index is 1150. The predicted molar refractivity (Wildman–Crippen MR) is 121 cm³/mol. The molecular weight excluding hydrogens is 372 g/mol. The van der Waals surface area contributed by atoms with Crippen LogP contribution in [0.3, 0.4) is 0 Å². The van der Waals surface area contributed by atoms with Crippen LogP contribution in [0.25, 0.3) is 10.9 Å². The molecule has 0 spiro atoms. The van der Waals surface area contributed by atoms with Gasteiger partial charge in [-0.3, -0.25) is 0 Å². The van der Waals surface area contributed by atoms with Gasteiger partial charge >= 0.3 is 5.97 Å². The number of nitrogens with one attached hydrogen (secondary N) is 1. The van der Waals surface area contributed by atoms with Crippen molar-refractivity contribution in [3.8, 4) is 0 Å². The van der Waals surface area contributed by atoms with E-state index in [0.29, 0.717) is 25.3 Å². The first-order valence-corrected chi connectivity index (χ1v) is 10.3. The summed E-state index contributed by atoms with van der Waals surface area (Å²) in [6.07, 6.45) is 1.02. The van der Waals surface area contributed by atoms with Crippen molar-refractivity contribution in [1.82, 2.24) is 9.88 Å². The van der Waals surface area contributed by atoms with E-state index in [9.17, 15) is 9.90 Å². The Hall–Kier alpha value is -3.37. The van der Waals surface area contributed by atoms with Crippen molar-refractivity contribution >= 4 is 16.9 Å². The van der Waals surface area contributed by atoms with Crippen LogP contribution in [-0.2, 0) is 26.1 Å². The number of aryl methyl sites for hydroxylation is 1. The molecular formula is C26H26N2O2. The molecule has 0 amide bonds. The molecule has 2 N–H and O–H groups in total. The van der Waals surface area contributed by atoms with E-state index in [1.165, 1.54) is 11.1 Å². The van der Waals surface area contributed by atoms with Gasteiger partial charge in [-0.15, -0.1) is 0 Å². The molecule has 0 saturated heterocycles. The van der Waals surface area contributed by atoms with Crippen LogP contribution in [-0.4, -0.2) is 15.6 Å². The average molecular weight is 399 g/mol. The van der Waals surface area contributed by atoms with E-state index in [1.807, 2.05) is 59.2 Å². The normalized spacial score (nSPS) is 11.1. The van der Waals surface area contributed by atoms with E-state index in [1.54, 1.807) is 0 Å². The molecule has 0 radical (unpaired) electrons. The fraction of sp³-hybridized carbons (Fsp3) is 0.192. The molecule has 3 aromatic carbocycles. The SMILES string of the molecule is CCc1ccc(CNCc2c(C(=O)O)n(Cc3ccccc3)c3ccccc23)cc1. The van der Waals surface area contributed by atoms with Crippen LogP contribution < -0.4 is 5.32 Å². The maximum atomic E-state index is 12.3. The van der Waals surface area contributed by atoms with E-state index in [-0.39, 0.29) is 0 Å². The number of para-hydroxylation sites is 1. The number of benzene rings is 3. The van der Waals surface area contributed by atoms with Gasteiger partial charge in [0.05, 0.1) is 0 Å². The highest BCUT2D eigenvalue weighted by Crippen LogP contribution is 2.27. The van der Waals surface area contributed by atoms with Crippen LogP contribution in [0.4, 0.5) is 0 Å². The summed E-state index contributed by atoms with van der Waals surface area (Å²) < 4.78 is 1.92. The Morgan fingerprint density at radius 2 is 1.50 bits per heavy atom. The minimum atomic E-state index is -0.897. The molecule has 0 unspecified atom stereocenters. The summed E-state index contributed by atoms with van der Waals surface area (Å²) in [5.41, 5.74) is 5.72. The monoisotopic (exact) mass is 398 g/mol. The van der Waals surface area contributed by atoms with E-state index in [4.69, 9.17) is 0 Å². The lowest BCUT2D eigenvalue weighted by atomic mass is 10.1. The molecule has 0 aliphatic carbocycles. The summed E-state index contributed by atoms with van der Waals surface area (Å²) in [6, 6.07) is 26.5. The lowest BCUT2D eigenvalue weighted by Gasteiger charge is -2.10. The summed E-state index contributed by atoms with van der Waals surface area (Å²) in [7, 11) is 0. The number of fused-ring (bicyclic) bond motifs is 1. The molecule has 1 aromatic heterocycles. The molecule has 0 aliphatic rings. The van der Waals surface area contributed by atoms with Crippen molar-refractivity contribution in [1.29, 1.82) is 0 Å². The molecule has 0 saturated carbocycles. The molecule has 4 nitrogen and oxygen atoms in total. The highest BCUT2D eigenvalue weighted by Gasteiger charge is 2.22. The molecule has 4 rings (SSSR count). The zero-order valence-electron chi connectivity index (χ0n) is 17.1. The first kappa shape index (κ1) is 19.9. The molecule has 0 atom stereocenters. The molecule has 152 valence electrons. The minimum absolute atomic E-state index is 0.355. The molecule has 4 aromatic rings. The maximum absolute atomic E-state index is 12.3. The number of carbonyl (C=O) groups is 1. The maximum Gasteiger partial charge on any atom is 0.352 e. The van der Waals surface area contributed by atoms with Crippen LogP contribution in [0, 0.1) is 0 Å². The fourth-order valence-corrected chi connectivity index (χ4v) is 3.95. The van der Waals surface area contributed by atoms with Gasteiger partial charge in [0, 0.05) is 36.1 Å². The number of carboxylic acids is 1. The van der Waals surface area contributed by atoms with Crippen LogP contribution in [0.2, 0.25) is 0 Å². The molecule has 0 aliphatic heterocycles. The summed E-state index contributed by atoms with van der Waals surface area (Å²) >= 11 is 0. The van der Waals surface area contributed by atoms with Crippen molar-refractivity contribution in [2.45, 2.75) is 33.0 Å². The van der Waals surface area contributed by atoms with Crippen molar-refractivity contribution < 1.29 is 9.90 Å². The highest BCUT2D eigenvalue weighted by molar-refractivity contribution is 5.98. The number of carboxylic acid groups (broad SMARTS) is 1. The van der Waals surface area contributed by atoms with Gasteiger partial charge < -0.3 is 15.0 Å². The lowest BCUT2D eigenvalue weighted by Crippen LogP contribution is -2.17. The van der Waals surface area contributed by atoms with E-state index in [2.05, 4.69) is 36.5 Å². The van der Waals surface area contributed by atoms with Crippen LogP contribution in [0.15, 0.2) is 78.9 Å². The van der Waals surface area contributed by atoms with Gasteiger partial charge in [-0.2, -0.15) is 0 Å². The van der Waals surface area contributed by atoms with E-state index in [0.717, 1.165) is 28.5 Å². The summed E-state index contributed by atoms with van der Waals surface area (Å²) in [6.45, 7) is 3.87. The number of hydrogen-bond donors (Lipinski definition) is 2. The second kappa shape index (κ2) is 8.97. The minimum Gasteiger partial charge on any atom is -0.477 e. The van der Waals surface area contributed by atoms with Crippen molar-refractivity contribution in [2.75, 3.05) is 0 Å². The van der Waals surface area contributed by atoms with Gasteiger partial charge in [-0.25, -0.2) is 4.79 Å². The third kappa shape index (κ3) is 4.14. The average Bonchev–Trinajstić information content (AvgIpc) is 3.09. The topological polar surface area (TPSA) is 54.3 Å². The van der Waals surface area contributed by atoms with Crippen molar-refractivity contribution in [2.24, 2.45) is 0 Å². The smallest absolute Gasteiger partial charge is 0.352 e. The molecule has 0 bridgehead atoms. The molecule has 30 heavy (non-hydrogen) atoms. The highest BCUT2D eigenvalue weighted by atomic mass is 16.4. The third-order valence-corrected chi connectivity index (χ3v) is 5.52. The van der Waals surface area contributed by atoms with Gasteiger partial charge in [0.2, 0.25) is 0 Å². The molecule has 4 heteroatoms. The molecule has 1 heterocycles. The predicted octanol–water partition coefficient (Wildman–Crippen LogP) is 5.24. The Morgan fingerprint density at radius 1 is 0.833 bits per heavy atom. The zero-order valence-corrected chi connectivity index (χ0v) is 17.1. The number of aromatic nitrogens is 1. The lowest BCUT2D eigenvalue weighted by molar-refractivity contribution is 0.0685. The fourth-order valence-electron chi connectivity index (χ4n) is 3.95. The number of aromatic carboxylic acids is 1. The summed E-state index contributed by atoms with van der Waals surface area (Å²) in [5, 5.41) is 14.5. The second-order valence-electron chi connectivity index (χ2n) is 7.49. The van der Waals surface area contributed by atoms with Gasteiger partial charge in [-0.1, -0.05) is 79.7 Å². The van der Waals surface area contributed by atoms with Crippen molar-refractivity contribution in [3.63, 3.8) is 0 Å². The second-order valence-corrected chi connectivity index (χ2v) is 7.49. The Labute approximate surface area is 176 Å². The van der Waals surface area contributed by atoms with E-state index < -0.39 is 5.97 Å². The Kier molecular flexibility index (Phi) is 5.96. The third-order valence-electron chi connectivity index (χ3n) is 5.52. The first-order valence-electron chi connectivity index (χ1n) is 10.3. The zero-order chi connectivity index (χ0) is 20.9. The van der Waals surface area contributed by atoms with Gasteiger partial charge in [-0.05, 0) is 29.2 Å². The quantitative estimate of drug-likeness (QED) is 0.427. The Balaban J connectivity index is 1.64. The van der Waals surface area contributed by atoms with Crippen LogP contribution in [0.5, 0.6) is 0 Å². The largest absolute Gasteiger partial charge is 0.477 e. The van der Waals surface area contributed by atoms with Crippen LogP contribution >= 0.6 is 0 Å². The first-order chi connectivity index (χ1) is 14.7. The standard InChI is InChI=1S/C26H26N2O2/c1-2-19-12-14-20(15-13-19)16-27-17-23-22-10-6-7-11-24(22)28(25(23)26(29)30)18-21-8-4-3-5-9-21/h3-15,27H,2,16-18H2,1H3,(H,29,30). The number of rotatable bonds is 8. The van der Waals surface area contributed by atoms with Gasteiger partial charge in [0.1, 0.15) is 5.69 Å². The van der Waals surface area contributed by atoms with Crippen molar-refractivity contribution in [3.05, 3.63) is 107 Å².